The first-order chi connectivity index (χ1) is 9.81. The summed E-state index contributed by atoms with van der Waals surface area (Å²) in [6.45, 7) is 1.21. The summed E-state index contributed by atoms with van der Waals surface area (Å²) in [5, 5.41) is 13.3. The lowest BCUT2D eigenvalue weighted by molar-refractivity contribution is 0.0694. The van der Waals surface area contributed by atoms with Crippen molar-refractivity contribution in [3.8, 4) is 5.69 Å². The minimum Gasteiger partial charge on any atom is -0.477 e. The van der Waals surface area contributed by atoms with Gasteiger partial charge in [-0.15, -0.1) is 0 Å². The fourth-order valence-electron chi connectivity index (χ4n) is 1.63. The third-order valence-electron chi connectivity index (χ3n) is 2.64. The molecule has 1 aromatic carbocycles. The van der Waals surface area contributed by atoms with Gasteiger partial charge in [0, 0.05) is 11.9 Å². The minimum atomic E-state index is -1.46. The van der Waals surface area contributed by atoms with E-state index in [4.69, 9.17) is 28.3 Å². The second-order valence-corrected chi connectivity index (χ2v) is 4.96. The number of ketones is 1. The average Bonchev–Trinajstić information content (AvgIpc) is 2.41. The number of aromatic nitrogens is 2. The van der Waals surface area contributed by atoms with Crippen LogP contribution in [0, 0.1) is 0 Å². The Labute approximate surface area is 128 Å². The molecule has 108 valence electrons. The van der Waals surface area contributed by atoms with Crippen molar-refractivity contribution in [2.75, 3.05) is 0 Å². The third kappa shape index (κ3) is 2.96. The zero-order valence-corrected chi connectivity index (χ0v) is 12.1. The van der Waals surface area contributed by atoms with Crippen molar-refractivity contribution in [3.05, 3.63) is 55.9 Å². The van der Waals surface area contributed by atoms with Crippen molar-refractivity contribution in [2.24, 2.45) is 0 Å². The van der Waals surface area contributed by atoms with Gasteiger partial charge in [0.15, 0.2) is 5.78 Å². The minimum absolute atomic E-state index is 0.0970. The van der Waals surface area contributed by atoms with Gasteiger partial charge in [0.1, 0.15) is 11.3 Å². The number of nitrogens with zero attached hydrogens (tertiary/aromatic N) is 2. The normalized spacial score (nSPS) is 10.4. The van der Waals surface area contributed by atoms with Gasteiger partial charge in [0.05, 0.1) is 10.7 Å². The molecular formula is C13H8Cl2N2O4. The number of benzene rings is 1. The number of rotatable bonds is 3. The monoisotopic (exact) mass is 326 g/mol. The number of carboxylic acid groups (broad SMARTS) is 1. The summed E-state index contributed by atoms with van der Waals surface area (Å²) in [5.74, 6) is -1.94. The lowest BCUT2D eigenvalue weighted by Gasteiger charge is -2.09. The van der Waals surface area contributed by atoms with Crippen LogP contribution in [-0.4, -0.2) is 26.6 Å². The molecule has 0 unspecified atom stereocenters. The van der Waals surface area contributed by atoms with Crippen LogP contribution in [0.25, 0.3) is 5.69 Å². The van der Waals surface area contributed by atoms with Crippen molar-refractivity contribution in [3.63, 3.8) is 0 Å². The van der Waals surface area contributed by atoms with E-state index in [-0.39, 0.29) is 21.4 Å². The van der Waals surface area contributed by atoms with E-state index in [0.717, 1.165) is 10.7 Å². The van der Waals surface area contributed by atoms with Gasteiger partial charge in [0.25, 0.3) is 5.56 Å². The lowest BCUT2D eigenvalue weighted by atomic mass is 10.2. The Morgan fingerprint density at radius 1 is 1.24 bits per heavy atom. The first kappa shape index (κ1) is 15.2. The summed E-state index contributed by atoms with van der Waals surface area (Å²) in [5.41, 5.74) is -1.55. The topological polar surface area (TPSA) is 89.3 Å². The Morgan fingerprint density at radius 2 is 1.90 bits per heavy atom. The molecule has 1 aromatic heterocycles. The maximum atomic E-state index is 12.2. The Bertz CT molecular complexity index is 814. The van der Waals surface area contributed by atoms with Crippen molar-refractivity contribution < 1.29 is 14.7 Å². The van der Waals surface area contributed by atoms with Crippen LogP contribution in [-0.2, 0) is 0 Å². The largest absolute Gasteiger partial charge is 0.477 e. The molecule has 1 N–H and O–H groups in total. The molecule has 8 heteroatoms. The van der Waals surface area contributed by atoms with Gasteiger partial charge in [-0.3, -0.25) is 9.59 Å². The van der Waals surface area contributed by atoms with E-state index >= 15 is 0 Å². The van der Waals surface area contributed by atoms with Gasteiger partial charge in [0.2, 0.25) is 0 Å². The lowest BCUT2D eigenvalue weighted by Crippen LogP contribution is -2.29. The van der Waals surface area contributed by atoms with Crippen LogP contribution in [0.15, 0.2) is 29.1 Å². The smallest absolute Gasteiger partial charge is 0.341 e. The molecule has 0 atom stereocenters. The highest BCUT2D eigenvalue weighted by Gasteiger charge is 2.18. The number of carbonyl (C=O) groups is 2. The van der Waals surface area contributed by atoms with Crippen molar-refractivity contribution in [1.29, 1.82) is 0 Å². The number of hydrogen-bond donors (Lipinski definition) is 1. The molecule has 0 spiro atoms. The van der Waals surface area contributed by atoms with Crippen LogP contribution < -0.4 is 5.56 Å². The maximum absolute atomic E-state index is 12.2. The molecule has 0 amide bonds. The number of halogens is 2. The van der Waals surface area contributed by atoms with Crippen LogP contribution in [0.3, 0.4) is 0 Å². The summed E-state index contributed by atoms with van der Waals surface area (Å²) in [4.78, 5) is 34.7. The number of carboxylic acids is 1. The van der Waals surface area contributed by atoms with Gasteiger partial charge in [-0.2, -0.15) is 9.78 Å². The molecule has 1 heterocycles. The molecule has 0 bridgehead atoms. The highest BCUT2D eigenvalue weighted by atomic mass is 35.5. The molecule has 0 saturated carbocycles. The van der Waals surface area contributed by atoms with E-state index in [1.807, 2.05) is 0 Å². The zero-order chi connectivity index (χ0) is 15.7. The highest BCUT2D eigenvalue weighted by molar-refractivity contribution is 6.34. The Kier molecular flexibility index (Phi) is 4.11. The summed E-state index contributed by atoms with van der Waals surface area (Å²) >= 11 is 11.8. The quantitative estimate of drug-likeness (QED) is 0.875. The molecule has 0 aliphatic rings. The van der Waals surface area contributed by atoms with Crippen LogP contribution in [0.2, 0.25) is 10.0 Å². The van der Waals surface area contributed by atoms with Crippen molar-refractivity contribution >= 4 is 35.0 Å². The maximum Gasteiger partial charge on any atom is 0.341 e. The number of aromatic carboxylic acids is 1. The summed E-state index contributed by atoms with van der Waals surface area (Å²) in [6.07, 6.45) is 0. The van der Waals surface area contributed by atoms with Crippen LogP contribution >= 0.6 is 23.2 Å². The third-order valence-corrected chi connectivity index (χ3v) is 3.19. The Morgan fingerprint density at radius 3 is 2.48 bits per heavy atom. The molecule has 0 radical (unpaired) electrons. The van der Waals surface area contributed by atoms with E-state index in [2.05, 4.69) is 5.10 Å². The zero-order valence-electron chi connectivity index (χ0n) is 10.6. The first-order valence-corrected chi connectivity index (χ1v) is 6.41. The Hall–Kier alpha value is -2.18. The predicted molar refractivity (Wildman–Crippen MR) is 76.8 cm³/mol. The molecule has 0 aliphatic heterocycles. The van der Waals surface area contributed by atoms with Crippen LogP contribution in [0.1, 0.15) is 27.8 Å². The SMILES string of the molecule is CC(=O)c1cc(C(=O)O)c(=O)n(-c2cc(Cl)ccc2Cl)n1. The van der Waals surface area contributed by atoms with E-state index in [1.165, 1.54) is 25.1 Å². The highest BCUT2D eigenvalue weighted by Crippen LogP contribution is 2.23. The van der Waals surface area contributed by atoms with Crippen LogP contribution in [0.4, 0.5) is 0 Å². The van der Waals surface area contributed by atoms with Crippen molar-refractivity contribution in [1.82, 2.24) is 9.78 Å². The molecule has 0 fully saturated rings. The summed E-state index contributed by atoms with van der Waals surface area (Å²) in [6, 6.07) is 5.23. The van der Waals surface area contributed by atoms with E-state index in [0.29, 0.717) is 0 Å². The molecule has 0 saturated heterocycles. The fraction of sp³-hybridized carbons (Fsp3) is 0.0769. The van der Waals surface area contributed by atoms with E-state index in [1.54, 1.807) is 0 Å². The summed E-state index contributed by atoms with van der Waals surface area (Å²) < 4.78 is 0.758. The molecule has 21 heavy (non-hydrogen) atoms. The van der Waals surface area contributed by atoms with Gasteiger partial charge in [-0.05, 0) is 24.3 Å². The number of carbonyl (C=O) groups excluding carboxylic acids is 1. The predicted octanol–water partition coefficient (Wildman–Crippen LogP) is 2.44. The summed E-state index contributed by atoms with van der Waals surface area (Å²) in [7, 11) is 0. The van der Waals surface area contributed by atoms with Gasteiger partial charge < -0.3 is 5.11 Å². The van der Waals surface area contributed by atoms with E-state index in [9.17, 15) is 14.4 Å². The van der Waals surface area contributed by atoms with Gasteiger partial charge >= 0.3 is 5.97 Å². The molecule has 2 rings (SSSR count). The Balaban J connectivity index is 2.85. The molecular weight excluding hydrogens is 319 g/mol. The standard InChI is InChI=1S/C13H8Cl2N2O4/c1-6(18)10-5-8(13(20)21)12(19)17(16-10)11-4-7(14)2-3-9(11)15/h2-5H,1H3,(H,20,21). The fourth-order valence-corrected chi connectivity index (χ4v) is 2.00. The average molecular weight is 327 g/mol. The van der Waals surface area contributed by atoms with Crippen LogP contribution in [0.5, 0.6) is 0 Å². The van der Waals surface area contributed by atoms with Gasteiger partial charge in [-0.1, -0.05) is 23.2 Å². The molecule has 6 nitrogen and oxygen atoms in total. The molecule has 0 aliphatic carbocycles. The van der Waals surface area contributed by atoms with E-state index < -0.39 is 22.9 Å². The van der Waals surface area contributed by atoms with Crippen molar-refractivity contribution in [2.45, 2.75) is 6.92 Å². The first-order valence-electron chi connectivity index (χ1n) is 5.65. The number of Topliss-reactive ketones (excluding diaryl/α,β-unsaturated/α-hetero) is 1. The molecule has 2 aromatic rings. The number of hydrogen-bond acceptors (Lipinski definition) is 4. The second-order valence-electron chi connectivity index (χ2n) is 4.12. The second kappa shape index (κ2) is 5.67. The van der Waals surface area contributed by atoms with Gasteiger partial charge in [-0.25, -0.2) is 4.79 Å².